The molecule has 20 heavy (non-hydrogen) atoms. The summed E-state index contributed by atoms with van der Waals surface area (Å²) >= 11 is 1.45. The van der Waals surface area contributed by atoms with Crippen LogP contribution in [-0.4, -0.2) is 35.2 Å². The molecule has 0 bridgehead atoms. The molecule has 0 saturated heterocycles. The first-order valence-corrected chi connectivity index (χ1v) is 7.07. The molecule has 0 fully saturated rings. The SMILES string of the molecule is CSCCC(NC(=O)Nc1ccc(F)cc1F)C(=O)O. The summed E-state index contributed by atoms with van der Waals surface area (Å²) < 4.78 is 26.0. The van der Waals surface area contributed by atoms with Crippen molar-refractivity contribution in [1.29, 1.82) is 0 Å². The molecule has 1 aromatic rings. The average molecular weight is 304 g/mol. The Balaban J connectivity index is 2.63. The second-order valence-corrected chi connectivity index (χ2v) is 4.88. The van der Waals surface area contributed by atoms with Crippen LogP contribution in [0.3, 0.4) is 0 Å². The van der Waals surface area contributed by atoms with Crippen LogP contribution in [0.2, 0.25) is 0 Å². The van der Waals surface area contributed by atoms with Crippen molar-refractivity contribution in [2.75, 3.05) is 17.3 Å². The van der Waals surface area contributed by atoms with Gasteiger partial charge in [-0.25, -0.2) is 18.4 Å². The molecule has 0 heterocycles. The number of amides is 2. The van der Waals surface area contributed by atoms with Gasteiger partial charge in [0.05, 0.1) is 5.69 Å². The molecule has 0 saturated carbocycles. The van der Waals surface area contributed by atoms with E-state index in [1.165, 1.54) is 11.8 Å². The minimum Gasteiger partial charge on any atom is -0.480 e. The van der Waals surface area contributed by atoms with E-state index in [1.54, 1.807) is 0 Å². The van der Waals surface area contributed by atoms with Gasteiger partial charge in [0.1, 0.15) is 17.7 Å². The van der Waals surface area contributed by atoms with Crippen molar-refractivity contribution >= 4 is 29.4 Å². The standard InChI is InChI=1S/C12H14F2N2O3S/c1-20-5-4-10(11(17)18)16-12(19)15-9-3-2-7(13)6-8(9)14/h2-3,6,10H,4-5H2,1H3,(H,17,18)(H2,15,16,19). The summed E-state index contributed by atoms with van der Waals surface area (Å²) in [6, 6.07) is 0.746. The Morgan fingerprint density at radius 1 is 1.40 bits per heavy atom. The third-order valence-electron chi connectivity index (χ3n) is 2.39. The predicted molar refractivity (Wildman–Crippen MR) is 72.9 cm³/mol. The molecule has 0 radical (unpaired) electrons. The number of carboxylic acids is 1. The predicted octanol–water partition coefficient (Wildman–Crippen LogP) is 2.29. The van der Waals surface area contributed by atoms with Crippen molar-refractivity contribution in [3.05, 3.63) is 29.8 Å². The largest absolute Gasteiger partial charge is 0.480 e. The van der Waals surface area contributed by atoms with E-state index in [1.807, 2.05) is 6.26 Å². The molecule has 0 aliphatic rings. The van der Waals surface area contributed by atoms with Gasteiger partial charge in [0, 0.05) is 6.07 Å². The number of hydrogen-bond acceptors (Lipinski definition) is 3. The summed E-state index contributed by atoms with van der Waals surface area (Å²) in [5.41, 5.74) is -0.224. The van der Waals surface area contributed by atoms with Gasteiger partial charge < -0.3 is 15.7 Å². The highest BCUT2D eigenvalue weighted by atomic mass is 32.2. The van der Waals surface area contributed by atoms with Crippen LogP contribution in [0, 0.1) is 11.6 Å². The second-order valence-electron chi connectivity index (χ2n) is 3.89. The lowest BCUT2D eigenvalue weighted by molar-refractivity contribution is -0.139. The number of halogens is 2. The molecule has 0 aliphatic heterocycles. The Morgan fingerprint density at radius 3 is 2.65 bits per heavy atom. The number of anilines is 1. The number of carboxylic acid groups (broad SMARTS) is 1. The Morgan fingerprint density at radius 2 is 2.10 bits per heavy atom. The number of thioether (sulfide) groups is 1. The number of benzene rings is 1. The van der Waals surface area contributed by atoms with Crippen molar-refractivity contribution in [2.24, 2.45) is 0 Å². The van der Waals surface area contributed by atoms with Crippen molar-refractivity contribution in [3.8, 4) is 0 Å². The average Bonchev–Trinajstić information content (AvgIpc) is 2.37. The zero-order valence-corrected chi connectivity index (χ0v) is 11.5. The van der Waals surface area contributed by atoms with Crippen LogP contribution in [-0.2, 0) is 4.79 Å². The maximum Gasteiger partial charge on any atom is 0.326 e. The Bertz CT molecular complexity index is 500. The van der Waals surface area contributed by atoms with E-state index in [9.17, 15) is 18.4 Å². The summed E-state index contributed by atoms with van der Waals surface area (Å²) in [4.78, 5) is 22.5. The number of aliphatic carboxylic acids is 1. The van der Waals surface area contributed by atoms with Crippen LogP contribution in [0.25, 0.3) is 0 Å². The monoisotopic (exact) mass is 304 g/mol. The molecule has 8 heteroatoms. The summed E-state index contributed by atoms with van der Waals surface area (Å²) in [5, 5.41) is 13.3. The van der Waals surface area contributed by atoms with Gasteiger partial charge in [-0.05, 0) is 30.6 Å². The van der Waals surface area contributed by atoms with Gasteiger partial charge >= 0.3 is 12.0 Å². The number of rotatable bonds is 6. The zero-order valence-electron chi connectivity index (χ0n) is 10.7. The van der Waals surface area contributed by atoms with Crippen molar-refractivity contribution < 1.29 is 23.5 Å². The summed E-state index contributed by atoms with van der Waals surface area (Å²) in [6.07, 6.45) is 2.06. The van der Waals surface area contributed by atoms with E-state index in [-0.39, 0.29) is 12.1 Å². The van der Waals surface area contributed by atoms with Crippen LogP contribution in [0.4, 0.5) is 19.3 Å². The highest BCUT2D eigenvalue weighted by molar-refractivity contribution is 7.98. The Hall–Kier alpha value is -1.83. The molecular weight excluding hydrogens is 290 g/mol. The number of carbonyl (C=O) groups is 2. The van der Waals surface area contributed by atoms with Crippen molar-refractivity contribution in [2.45, 2.75) is 12.5 Å². The van der Waals surface area contributed by atoms with Crippen LogP contribution < -0.4 is 10.6 Å². The highest BCUT2D eigenvalue weighted by Crippen LogP contribution is 2.14. The van der Waals surface area contributed by atoms with Gasteiger partial charge in [-0.3, -0.25) is 0 Å². The third-order valence-corrected chi connectivity index (χ3v) is 3.04. The van der Waals surface area contributed by atoms with Gasteiger partial charge in [-0.2, -0.15) is 11.8 Å². The smallest absolute Gasteiger partial charge is 0.326 e. The van der Waals surface area contributed by atoms with E-state index >= 15 is 0 Å². The topological polar surface area (TPSA) is 78.4 Å². The maximum atomic E-state index is 13.3. The van der Waals surface area contributed by atoms with E-state index < -0.39 is 29.7 Å². The van der Waals surface area contributed by atoms with Gasteiger partial charge in [0.2, 0.25) is 0 Å². The molecule has 1 unspecified atom stereocenters. The molecule has 1 rings (SSSR count). The fourth-order valence-corrected chi connectivity index (χ4v) is 1.87. The van der Waals surface area contributed by atoms with Crippen LogP contribution in [0.1, 0.15) is 6.42 Å². The lowest BCUT2D eigenvalue weighted by atomic mass is 10.2. The molecule has 0 aromatic heterocycles. The van der Waals surface area contributed by atoms with Gasteiger partial charge in [0.25, 0.3) is 0 Å². The fraction of sp³-hybridized carbons (Fsp3) is 0.333. The van der Waals surface area contributed by atoms with E-state index in [4.69, 9.17) is 5.11 Å². The van der Waals surface area contributed by atoms with Gasteiger partial charge in [-0.15, -0.1) is 0 Å². The van der Waals surface area contributed by atoms with Gasteiger partial charge in [0.15, 0.2) is 0 Å². The number of hydrogen-bond donors (Lipinski definition) is 3. The van der Waals surface area contributed by atoms with Gasteiger partial charge in [-0.1, -0.05) is 0 Å². The molecule has 1 atom stereocenters. The minimum atomic E-state index is -1.17. The maximum absolute atomic E-state index is 13.3. The molecule has 110 valence electrons. The summed E-state index contributed by atoms with van der Waals surface area (Å²) in [5.74, 6) is -2.32. The lowest BCUT2D eigenvalue weighted by Crippen LogP contribution is -2.43. The fourth-order valence-electron chi connectivity index (χ4n) is 1.40. The first-order chi connectivity index (χ1) is 9.43. The van der Waals surface area contributed by atoms with Crippen LogP contribution in [0.15, 0.2) is 18.2 Å². The van der Waals surface area contributed by atoms with Crippen LogP contribution in [0.5, 0.6) is 0 Å². The first-order valence-electron chi connectivity index (χ1n) is 5.68. The summed E-state index contributed by atoms with van der Waals surface area (Å²) in [7, 11) is 0. The zero-order chi connectivity index (χ0) is 15.1. The molecule has 1 aromatic carbocycles. The molecule has 0 aliphatic carbocycles. The number of carbonyl (C=O) groups excluding carboxylic acids is 1. The van der Waals surface area contributed by atoms with E-state index in [2.05, 4.69) is 10.6 Å². The highest BCUT2D eigenvalue weighted by Gasteiger charge is 2.19. The third kappa shape index (κ3) is 5.04. The molecular formula is C12H14F2N2O3S. The Kier molecular flexibility index (Phi) is 6.23. The first kappa shape index (κ1) is 16.2. The van der Waals surface area contributed by atoms with Crippen molar-refractivity contribution in [3.63, 3.8) is 0 Å². The van der Waals surface area contributed by atoms with E-state index in [0.29, 0.717) is 11.8 Å². The quantitative estimate of drug-likeness (QED) is 0.753. The molecule has 2 amide bonds. The van der Waals surface area contributed by atoms with Crippen molar-refractivity contribution in [1.82, 2.24) is 5.32 Å². The Labute approximate surface area is 118 Å². The number of urea groups is 1. The molecule has 0 spiro atoms. The van der Waals surface area contributed by atoms with Crippen LogP contribution >= 0.6 is 11.8 Å². The molecule has 3 N–H and O–H groups in total. The lowest BCUT2D eigenvalue weighted by Gasteiger charge is -2.14. The normalized spacial score (nSPS) is 11.8. The molecule has 5 nitrogen and oxygen atoms in total. The summed E-state index contributed by atoms with van der Waals surface area (Å²) in [6.45, 7) is 0. The second kappa shape index (κ2) is 7.68. The number of nitrogens with one attached hydrogen (secondary N) is 2. The minimum absolute atomic E-state index is 0.224. The van der Waals surface area contributed by atoms with E-state index in [0.717, 1.165) is 12.1 Å².